The lowest BCUT2D eigenvalue weighted by Crippen LogP contribution is -2.50. The van der Waals surface area contributed by atoms with Crippen molar-refractivity contribution in [3.8, 4) is 28.7 Å². The van der Waals surface area contributed by atoms with E-state index in [4.69, 9.17) is 9.47 Å². The molecule has 29 heavy (non-hydrogen) atoms. The molecule has 0 spiro atoms. The number of carbonyl (C=O) groups excluding carboxylic acids is 1. The van der Waals surface area contributed by atoms with Crippen LogP contribution in [0.4, 0.5) is 5.69 Å². The van der Waals surface area contributed by atoms with E-state index in [1.165, 1.54) is 18.2 Å². The first-order valence-electron chi connectivity index (χ1n) is 8.98. The molecule has 0 radical (unpaired) electrons. The molecule has 0 fully saturated rings. The first-order valence-corrected chi connectivity index (χ1v) is 8.98. The van der Waals surface area contributed by atoms with E-state index in [9.17, 15) is 20.2 Å². The van der Waals surface area contributed by atoms with Gasteiger partial charge in [-0.3, -0.25) is 14.9 Å². The average molecular weight is 397 g/mol. The number of nitriles is 1. The molecule has 0 heterocycles. The van der Waals surface area contributed by atoms with Crippen LogP contribution < -0.4 is 14.8 Å². The standard InChI is InChI=1S/C21H23N3O5/c1-14(2)21(3,13-22)23-20(25)12-29-19-10-7-16(24(26)27)11-18(19)15-5-8-17(28-4)9-6-15/h5-11,14H,12H2,1-4H3,(H,23,25)/t21-/m1/s1. The molecule has 0 aromatic heterocycles. The van der Waals surface area contributed by atoms with Crippen molar-refractivity contribution < 1.29 is 19.2 Å². The van der Waals surface area contributed by atoms with Crippen molar-refractivity contribution in [3.63, 3.8) is 0 Å². The van der Waals surface area contributed by atoms with Gasteiger partial charge in [0.15, 0.2) is 6.61 Å². The molecule has 8 heteroatoms. The molecule has 0 saturated heterocycles. The first-order chi connectivity index (χ1) is 13.7. The second-order valence-electron chi connectivity index (χ2n) is 6.97. The van der Waals surface area contributed by atoms with Gasteiger partial charge in [-0.15, -0.1) is 0 Å². The highest BCUT2D eigenvalue weighted by Crippen LogP contribution is 2.34. The highest BCUT2D eigenvalue weighted by molar-refractivity contribution is 5.80. The largest absolute Gasteiger partial charge is 0.497 e. The zero-order valence-electron chi connectivity index (χ0n) is 16.8. The van der Waals surface area contributed by atoms with Gasteiger partial charge in [0.2, 0.25) is 0 Å². The van der Waals surface area contributed by atoms with Crippen LogP contribution in [0, 0.1) is 27.4 Å². The number of nitro groups is 1. The van der Waals surface area contributed by atoms with E-state index in [-0.39, 0.29) is 18.2 Å². The van der Waals surface area contributed by atoms with Crippen LogP contribution in [0.15, 0.2) is 42.5 Å². The van der Waals surface area contributed by atoms with Crippen molar-refractivity contribution >= 4 is 11.6 Å². The molecular formula is C21H23N3O5. The Hall–Kier alpha value is -3.60. The lowest BCUT2D eigenvalue weighted by Gasteiger charge is -2.27. The lowest BCUT2D eigenvalue weighted by molar-refractivity contribution is -0.384. The van der Waals surface area contributed by atoms with Crippen molar-refractivity contribution in [2.45, 2.75) is 26.3 Å². The number of carbonyl (C=O) groups is 1. The molecule has 0 unspecified atom stereocenters. The quantitative estimate of drug-likeness (QED) is 0.536. The molecule has 0 saturated carbocycles. The van der Waals surface area contributed by atoms with Gasteiger partial charge in [0, 0.05) is 17.7 Å². The summed E-state index contributed by atoms with van der Waals surface area (Å²) in [6.45, 7) is 4.99. The lowest BCUT2D eigenvalue weighted by atomic mass is 9.90. The van der Waals surface area contributed by atoms with Crippen LogP contribution in [0.5, 0.6) is 11.5 Å². The fourth-order valence-corrected chi connectivity index (χ4v) is 2.52. The monoisotopic (exact) mass is 397 g/mol. The van der Waals surface area contributed by atoms with Crippen LogP contribution in [0.2, 0.25) is 0 Å². The number of nitrogens with one attached hydrogen (secondary N) is 1. The van der Waals surface area contributed by atoms with E-state index in [0.29, 0.717) is 22.6 Å². The normalized spacial score (nSPS) is 12.6. The smallest absolute Gasteiger partial charge is 0.270 e. The number of benzene rings is 2. The summed E-state index contributed by atoms with van der Waals surface area (Å²) in [4.78, 5) is 23.0. The minimum Gasteiger partial charge on any atom is -0.497 e. The predicted molar refractivity (Wildman–Crippen MR) is 108 cm³/mol. The average Bonchev–Trinajstić information content (AvgIpc) is 2.71. The van der Waals surface area contributed by atoms with Crippen LogP contribution >= 0.6 is 0 Å². The molecule has 1 atom stereocenters. The van der Waals surface area contributed by atoms with E-state index in [0.717, 1.165) is 0 Å². The second-order valence-corrected chi connectivity index (χ2v) is 6.97. The topological polar surface area (TPSA) is 114 Å². The van der Waals surface area contributed by atoms with Gasteiger partial charge in [-0.2, -0.15) is 5.26 Å². The summed E-state index contributed by atoms with van der Waals surface area (Å²) in [5.74, 6) is 0.414. The maximum atomic E-state index is 12.3. The van der Waals surface area contributed by atoms with Gasteiger partial charge in [-0.1, -0.05) is 26.0 Å². The maximum absolute atomic E-state index is 12.3. The fourth-order valence-electron chi connectivity index (χ4n) is 2.52. The minimum atomic E-state index is -1.02. The number of nitro benzene ring substituents is 1. The Morgan fingerprint density at radius 1 is 1.28 bits per heavy atom. The number of methoxy groups -OCH3 is 1. The number of ether oxygens (including phenoxy) is 2. The van der Waals surface area contributed by atoms with E-state index >= 15 is 0 Å². The van der Waals surface area contributed by atoms with Gasteiger partial charge in [-0.25, -0.2) is 0 Å². The molecule has 2 aromatic carbocycles. The second kappa shape index (κ2) is 9.06. The molecule has 8 nitrogen and oxygen atoms in total. The Bertz CT molecular complexity index is 934. The van der Waals surface area contributed by atoms with Crippen LogP contribution in [-0.4, -0.2) is 30.1 Å². The van der Waals surface area contributed by atoms with Crippen LogP contribution in [0.25, 0.3) is 11.1 Å². The van der Waals surface area contributed by atoms with Gasteiger partial charge in [0.25, 0.3) is 11.6 Å². The van der Waals surface area contributed by atoms with Crippen LogP contribution in [0.1, 0.15) is 20.8 Å². The molecule has 0 aliphatic carbocycles. The highest BCUT2D eigenvalue weighted by Gasteiger charge is 2.30. The summed E-state index contributed by atoms with van der Waals surface area (Å²) in [5.41, 5.74) is 0.0364. The van der Waals surface area contributed by atoms with Gasteiger partial charge in [0.1, 0.15) is 17.0 Å². The first kappa shape index (κ1) is 21.7. The van der Waals surface area contributed by atoms with E-state index in [1.54, 1.807) is 38.3 Å². The van der Waals surface area contributed by atoms with E-state index in [1.807, 2.05) is 13.8 Å². The fraction of sp³-hybridized carbons (Fsp3) is 0.333. The van der Waals surface area contributed by atoms with Crippen LogP contribution in [-0.2, 0) is 4.79 Å². The summed E-state index contributed by atoms with van der Waals surface area (Å²) in [6.07, 6.45) is 0. The van der Waals surface area contributed by atoms with Crippen molar-refractivity contribution in [2.75, 3.05) is 13.7 Å². The SMILES string of the molecule is COc1ccc(-c2cc([N+](=O)[O-])ccc2OCC(=O)N[C@](C)(C#N)C(C)C)cc1. The number of amides is 1. The molecule has 0 bridgehead atoms. The molecule has 1 N–H and O–H groups in total. The zero-order valence-corrected chi connectivity index (χ0v) is 16.8. The molecule has 2 rings (SSSR count). The summed E-state index contributed by atoms with van der Waals surface area (Å²) < 4.78 is 10.8. The number of rotatable bonds is 8. The molecule has 0 aliphatic rings. The summed E-state index contributed by atoms with van der Waals surface area (Å²) in [5, 5.41) is 23.2. The van der Waals surface area contributed by atoms with Crippen LogP contribution in [0.3, 0.4) is 0 Å². The van der Waals surface area contributed by atoms with E-state index < -0.39 is 16.4 Å². The molecule has 0 aliphatic heterocycles. The van der Waals surface area contributed by atoms with Gasteiger partial charge in [-0.05, 0) is 36.6 Å². The van der Waals surface area contributed by atoms with Gasteiger partial charge < -0.3 is 14.8 Å². The summed E-state index contributed by atoms with van der Waals surface area (Å²) >= 11 is 0. The zero-order chi connectivity index (χ0) is 21.6. The third-order valence-electron chi connectivity index (χ3n) is 4.72. The third-order valence-corrected chi connectivity index (χ3v) is 4.72. The van der Waals surface area contributed by atoms with Gasteiger partial charge >= 0.3 is 0 Å². The molecule has 1 amide bonds. The summed E-state index contributed by atoms with van der Waals surface area (Å²) in [7, 11) is 1.54. The van der Waals surface area contributed by atoms with Crippen molar-refractivity contribution in [3.05, 3.63) is 52.6 Å². The van der Waals surface area contributed by atoms with Crippen molar-refractivity contribution in [2.24, 2.45) is 5.92 Å². The van der Waals surface area contributed by atoms with Gasteiger partial charge in [0.05, 0.1) is 18.1 Å². The summed E-state index contributed by atoms with van der Waals surface area (Å²) in [6, 6.07) is 13.2. The Labute approximate surface area is 169 Å². The Balaban J connectivity index is 2.27. The van der Waals surface area contributed by atoms with Crippen molar-refractivity contribution in [1.82, 2.24) is 5.32 Å². The predicted octanol–water partition coefficient (Wildman–Crippen LogP) is 3.70. The number of non-ortho nitro benzene ring substituents is 1. The third kappa shape index (κ3) is 5.23. The minimum absolute atomic E-state index is 0.0920. The Morgan fingerprint density at radius 2 is 1.93 bits per heavy atom. The Kier molecular flexibility index (Phi) is 6.78. The molecular weight excluding hydrogens is 374 g/mol. The molecule has 152 valence electrons. The van der Waals surface area contributed by atoms with Crippen molar-refractivity contribution in [1.29, 1.82) is 5.26 Å². The number of hydrogen-bond acceptors (Lipinski definition) is 6. The Morgan fingerprint density at radius 3 is 2.45 bits per heavy atom. The highest BCUT2D eigenvalue weighted by atomic mass is 16.6. The molecule has 2 aromatic rings. The van der Waals surface area contributed by atoms with E-state index in [2.05, 4.69) is 11.4 Å². The number of hydrogen-bond donors (Lipinski definition) is 1. The maximum Gasteiger partial charge on any atom is 0.270 e. The number of nitrogens with zero attached hydrogens (tertiary/aromatic N) is 2.